The molecule has 0 fully saturated rings. The van der Waals surface area contributed by atoms with E-state index < -0.39 is 0 Å². The number of ether oxygens (including phenoxy) is 2. The summed E-state index contributed by atoms with van der Waals surface area (Å²) in [5, 5.41) is 0.819. The van der Waals surface area contributed by atoms with Crippen molar-refractivity contribution in [3.05, 3.63) is 65.9 Å². The molecule has 3 rings (SSSR count). The third-order valence-corrected chi connectivity index (χ3v) is 3.51. The summed E-state index contributed by atoms with van der Waals surface area (Å²) in [6, 6.07) is 18.2. The second-order valence-electron chi connectivity index (χ2n) is 4.89. The maximum absolute atomic E-state index is 11.9. The summed E-state index contributed by atoms with van der Waals surface area (Å²) in [6.45, 7) is 0. The second kappa shape index (κ2) is 6.29. The number of methoxy groups -OCH3 is 2. The molecule has 4 heteroatoms. The number of para-hydroxylation sites is 1. The van der Waals surface area contributed by atoms with E-state index in [0.29, 0.717) is 5.56 Å². The van der Waals surface area contributed by atoms with Crippen LogP contribution in [0.3, 0.4) is 0 Å². The molecule has 0 bridgehead atoms. The third-order valence-electron chi connectivity index (χ3n) is 3.51. The highest BCUT2D eigenvalue weighted by Crippen LogP contribution is 2.21. The number of carbonyl (C=O) groups excluding carboxylic acids is 1. The van der Waals surface area contributed by atoms with Crippen molar-refractivity contribution in [1.82, 2.24) is 4.57 Å². The lowest BCUT2D eigenvalue weighted by molar-refractivity contribution is 0.0603. The number of fused-ring (bicyclic) bond motifs is 1. The van der Waals surface area contributed by atoms with Crippen LogP contribution < -0.4 is 4.74 Å². The van der Waals surface area contributed by atoms with Gasteiger partial charge in [-0.1, -0.05) is 24.3 Å². The van der Waals surface area contributed by atoms with Crippen molar-refractivity contribution in [3.8, 4) is 17.7 Å². The molecule has 0 saturated carbocycles. The standard InChI is InChI=1S/C19H15NO3/c1-22-15-7-5-6-14(12-15)10-11-20-13-17(19(21)23-2)16-8-3-4-9-18(16)20/h3-9,12-13H,1-2H3. The molecule has 0 radical (unpaired) electrons. The van der Waals surface area contributed by atoms with Crippen molar-refractivity contribution in [2.45, 2.75) is 0 Å². The lowest BCUT2D eigenvalue weighted by Crippen LogP contribution is -1.99. The summed E-state index contributed by atoms with van der Waals surface area (Å²) >= 11 is 0. The van der Waals surface area contributed by atoms with Crippen molar-refractivity contribution >= 4 is 16.9 Å². The van der Waals surface area contributed by atoms with Crippen molar-refractivity contribution in [1.29, 1.82) is 0 Å². The number of esters is 1. The smallest absolute Gasteiger partial charge is 0.340 e. The number of hydrogen-bond donors (Lipinski definition) is 0. The Hall–Kier alpha value is -3.19. The van der Waals surface area contributed by atoms with Crippen LogP contribution in [0.1, 0.15) is 15.9 Å². The van der Waals surface area contributed by atoms with Crippen LogP contribution in [0.25, 0.3) is 10.9 Å². The Balaban J connectivity index is 2.07. The van der Waals surface area contributed by atoms with Gasteiger partial charge in [0.25, 0.3) is 0 Å². The molecular formula is C19H15NO3. The van der Waals surface area contributed by atoms with E-state index in [1.165, 1.54) is 7.11 Å². The van der Waals surface area contributed by atoms with Crippen LogP contribution in [0.4, 0.5) is 0 Å². The number of carbonyl (C=O) groups is 1. The molecule has 23 heavy (non-hydrogen) atoms. The molecular weight excluding hydrogens is 290 g/mol. The van der Waals surface area contributed by atoms with Crippen molar-refractivity contribution < 1.29 is 14.3 Å². The Morgan fingerprint density at radius 2 is 1.91 bits per heavy atom. The fourth-order valence-electron chi connectivity index (χ4n) is 2.37. The Labute approximate surface area is 134 Å². The maximum atomic E-state index is 11.9. The van der Waals surface area contributed by atoms with Gasteiger partial charge < -0.3 is 9.47 Å². The zero-order valence-electron chi connectivity index (χ0n) is 12.9. The molecule has 0 aliphatic heterocycles. The highest BCUT2D eigenvalue weighted by atomic mass is 16.5. The first-order valence-electron chi connectivity index (χ1n) is 7.07. The molecule has 4 nitrogen and oxygen atoms in total. The first-order valence-corrected chi connectivity index (χ1v) is 7.07. The van der Waals surface area contributed by atoms with Crippen molar-refractivity contribution in [2.24, 2.45) is 0 Å². The maximum Gasteiger partial charge on any atom is 0.340 e. The minimum Gasteiger partial charge on any atom is -0.497 e. The van der Waals surface area contributed by atoms with Gasteiger partial charge in [-0.3, -0.25) is 4.57 Å². The van der Waals surface area contributed by atoms with Crippen molar-refractivity contribution in [2.75, 3.05) is 14.2 Å². The van der Waals surface area contributed by atoms with Crippen LogP contribution >= 0.6 is 0 Å². The summed E-state index contributed by atoms with van der Waals surface area (Å²) < 4.78 is 11.8. The van der Waals surface area contributed by atoms with Gasteiger partial charge >= 0.3 is 5.97 Å². The van der Waals surface area contributed by atoms with Crippen LogP contribution in [0, 0.1) is 12.0 Å². The molecule has 0 spiro atoms. The van der Waals surface area contributed by atoms with E-state index in [-0.39, 0.29) is 5.97 Å². The van der Waals surface area contributed by atoms with E-state index in [0.717, 1.165) is 22.2 Å². The second-order valence-corrected chi connectivity index (χ2v) is 4.89. The summed E-state index contributed by atoms with van der Waals surface area (Å²) in [5.74, 6) is 3.46. The molecule has 3 aromatic rings. The predicted octanol–water partition coefficient (Wildman–Crippen LogP) is 3.29. The monoisotopic (exact) mass is 305 g/mol. The number of nitrogens with zero attached hydrogens (tertiary/aromatic N) is 1. The lowest BCUT2D eigenvalue weighted by Gasteiger charge is -1.98. The van der Waals surface area contributed by atoms with Crippen LogP contribution in [0.5, 0.6) is 5.75 Å². The van der Waals surface area contributed by atoms with Gasteiger partial charge in [-0.05, 0) is 30.2 Å². The van der Waals surface area contributed by atoms with Crippen LogP contribution in [-0.4, -0.2) is 24.8 Å². The van der Waals surface area contributed by atoms with Crippen LogP contribution in [0.15, 0.2) is 54.7 Å². The molecule has 0 aliphatic rings. The highest BCUT2D eigenvalue weighted by molar-refractivity contribution is 6.04. The van der Waals surface area contributed by atoms with Gasteiger partial charge in [0.15, 0.2) is 0 Å². The predicted molar refractivity (Wildman–Crippen MR) is 88.5 cm³/mol. The van der Waals surface area contributed by atoms with E-state index in [2.05, 4.69) is 12.0 Å². The van der Waals surface area contributed by atoms with Crippen LogP contribution in [-0.2, 0) is 4.74 Å². The normalized spacial score (nSPS) is 10.0. The van der Waals surface area contributed by atoms with E-state index >= 15 is 0 Å². The Kier molecular flexibility index (Phi) is 4.03. The Morgan fingerprint density at radius 3 is 2.70 bits per heavy atom. The Bertz CT molecular complexity index is 928. The van der Waals surface area contributed by atoms with Gasteiger partial charge in [0.1, 0.15) is 5.75 Å². The lowest BCUT2D eigenvalue weighted by atomic mass is 10.2. The minimum atomic E-state index is -0.372. The molecule has 0 aliphatic carbocycles. The van der Waals surface area contributed by atoms with Gasteiger partial charge in [-0.2, -0.15) is 0 Å². The highest BCUT2D eigenvalue weighted by Gasteiger charge is 2.14. The summed E-state index contributed by atoms with van der Waals surface area (Å²) in [4.78, 5) is 11.9. The van der Waals surface area contributed by atoms with E-state index in [1.54, 1.807) is 17.9 Å². The van der Waals surface area contributed by atoms with Gasteiger partial charge in [-0.15, -0.1) is 0 Å². The van der Waals surface area contributed by atoms with E-state index in [4.69, 9.17) is 9.47 Å². The number of benzene rings is 2. The topological polar surface area (TPSA) is 40.5 Å². The Morgan fingerprint density at radius 1 is 1.09 bits per heavy atom. The number of hydrogen-bond acceptors (Lipinski definition) is 3. The van der Waals surface area contributed by atoms with Gasteiger partial charge in [0, 0.05) is 23.2 Å². The van der Waals surface area contributed by atoms with Gasteiger partial charge in [0.05, 0.1) is 25.3 Å². The summed E-state index contributed by atoms with van der Waals surface area (Å²) in [7, 11) is 2.99. The largest absolute Gasteiger partial charge is 0.497 e. The zero-order chi connectivity index (χ0) is 16.2. The van der Waals surface area contributed by atoms with Gasteiger partial charge in [-0.25, -0.2) is 4.79 Å². The van der Waals surface area contributed by atoms with Gasteiger partial charge in [0.2, 0.25) is 0 Å². The van der Waals surface area contributed by atoms with Crippen molar-refractivity contribution in [3.63, 3.8) is 0 Å². The molecule has 1 aromatic heterocycles. The molecule has 0 N–H and O–H groups in total. The molecule has 0 saturated heterocycles. The molecule has 0 amide bonds. The first-order chi connectivity index (χ1) is 11.2. The number of aromatic nitrogens is 1. The third kappa shape index (κ3) is 2.90. The fraction of sp³-hybridized carbons (Fsp3) is 0.105. The zero-order valence-corrected chi connectivity index (χ0v) is 12.9. The molecule has 0 unspecified atom stereocenters. The molecule has 2 aromatic carbocycles. The van der Waals surface area contributed by atoms with E-state index in [1.807, 2.05) is 48.5 Å². The average Bonchev–Trinajstić information content (AvgIpc) is 2.98. The van der Waals surface area contributed by atoms with E-state index in [9.17, 15) is 4.79 Å². The molecule has 0 atom stereocenters. The molecule has 1 heterocycles. The minimum absolute atomic E-state index is 0.372. The van der Waals surface area contributed by atoms with Crippen LogP contribution in [0.2, 0.25) is 0 Å². The first kappa shape index (κ1) is 14.7. The quantitative estimate of drug-likeness (QED) is 0.539. The number of rotatable bonds is 2. The summed E-state index contributed by atoms with van der Waals surface area (Å²) in [6.07, 6.45) is 1.70. The fourth-order valence-corrected chi connectivity index (χ4v) is 2.37. The summed E-state index contributed by atoms with van der Waals surface area (Å²) in [5.41, 5.74) is 2.20. The average molecular weight is 305 g/mol. The molecule has 114 valence electrons. The SMILES string of the molecule is COC(=O)c1cn(C#Cc2cccc(OC)c2)c2ccccc12.